The van der Waals surface area contributed by atoms with Crippen LogP contribution in [0.25, 0.3) is 0 Å². The number of alkyl halides is 1. The van der Waals surface area contributed by atoms with Gasteiger partial charge < -0.3 is 4.57 Å². The van der Waals surface area contributed by atoms with Gasteiger partial charge in [-0.15, -0.1) is 0 Å². The first-order valence-electron chi connectivity index (χ1n) is 5.96. The average molecular weight is 271 g/mol. The van der Waals surface area contributed by atoms with Gasteiger partial charge in [-0.3, -0.25) is 0 Å². The Bertz CT molecular complexity index is 344. The summed E-state index contributed by atoms with van der Waals surface area (Å²) in [6, 6.07) is 0.698. The van der Waals surface area contributed by atoms with Crippen molar-refractivity contribution in [1.29, 1.82) is 0 Å². The van der Waals surface area contributed by atoms with Crippen LogP contribution in [-0.2, 0) is 18.2 Å². The number of halogens is 1. The maximum atomic E-state index is 4.74. The Labute approximate surface area is 100 Å². The fraction of sp³-hybridized carbons (Fsp3) is 0.750. The maximum Gasteiger partial charge on any atom is 0.109 e. The molecule has 0 amide bonds. The van der Waals surface area contributed by atoms with Crippen molar-refractivity contribution in [2.24, 2.45) is 0 Å². The number of imidazole rings is 1. The second kappa shape index (κ2) is 4.69. The van der Waals surface area contributed by atoms with E-state index in [-0.39, 0.29) is 0 Å². The number of fused-ring (bicyclic) bond motifs is 1. The third-order valence-corrected chi connectivity index (χ3v) is 3.93. The highest BCUT2D eigenvalue weighted by Crippen LogP contribution is 2.31. The van der Waals surface area contributed by atoms with Gasteiger partial charge in [-0.25, -0.2) is 4.98 Å². The third-order valence-electron chi connectivity index (χ3n) is 3.40. The summed E-state index contributed by atoms with van der Waals surface area (Å²) in [5.41, 5.74) is 2.76. The molecule has 0 aromatic carbocycles. The van der Waals surface area contributed by atoms with Crippen LogP contribution in [0.3, 0.4) is 0 Å². The number of aromatic nitrogens is 2. The van der Waals surface area contributed by atoms with E-state index in [0.29, 0.717) is 6.04 Å². The molecule has 0 spiro atoms. The molecule has 2 nitrogen and oxygen atoms in total. The molecule has 0 aliphatic carbocycles. The molecule has 15 heavy (non-hydrogen) atoms. The molecule has 0 fully saturated rings. The normalized spacial score (nSPS) is 20.3. The Hall–Kier alpha value is -0.310. The van der Waals surface area contributed by atoms with Crippen LogP contribution in [0.2, 0.25) is 0 Å². The van der Waals surface area contributed by atoms with E-state index in [1.165, 1.54) is 42.9 Å². The van der Waals surface area contributed by atoms with Crippen molar-refractivity contribution in [3.05, 3.63) is 17.2 Å². The molecule has 0 bridgehead atoms. The first kappa shape index (κ1) is 11.2. The number of hydrogen-bond acceptors (Lipinski definition) is 1. The number of aryl methyl sites for hydroxylation is 1. The van der Waals surface area contributed by atoms with Crippen molar-refractivity contribution in [1.82, 2.24) is 9.55 Å². The second-order valence-electron chi connectivity index (χ2n) is 4.23. The van der Waals surface area contributed by atoms with Crippen molar-refractivity contribution < 1.29 is 0 Å². The van der Waals surface area contributed by atoms with E-state index >= 15 is 0 Å². The summed E-state index contributed by atoms with van der Waals surface area (Å²) in [7, 11) is 0. The molecule has 2 heterocycles. The minimum atomic E-state index is 0.698. The van der Waals surface area contributed by atoms with Crippen LogP contribution < -0.4 is 0 Å². The largest absolute Gasteiger partial charge is 0.329 e. The highest BCUT2D eigenvalue weighted by atomic mass is 79.9. The summed E-state index contributed by atoms with van der Waals surface area (Å²) >= 11 is 3.55. The van der Waals surface area contributed by atoms with Crippen LogP contribution in [-0.4, -0.2) is 9.55 Å². The first-order chi connectivity index (χ1) is 7.31. The predicted molar refractivity (Wildman–Crippen MR) is 66.5 cm³/mol. The fourth-order valence-corrected chi connectivity index (χ4v) is 3.09. The summed E-state index contributed by atoms with van der Waals surface area (Å²) < 4.78 is 2.51. The Balaban J connectivity index is 2.47. The molecule has 2 rings (SSSR count). The molecular weight excluding hydrogens is 252 g/mol. The zero-order chi connectivity index (χ0) is 10.8. The van der Waals surface area contributed by atoms with Gasteiger partial charge in [-0.2, -0.15) is 0 Å². The van der Waals surface area contributed by atoms with Gasteiger partial charge in [0.05, 0.1) is 5.69 Å². The molecule has 1 aromatic heterocycles. The third kappa shape index (κ3) is 1.86. The van der Waals surface area contributed by atoms with Gasteiger partial charge >= 0.3 is 0 Å². The molecule has 0 saturated carbocycles. The maximum absolute atomic E-state index is 4.74. The van der Waals surface area contributed by atoms with E-state index in [0.717, 1.165) is 11.8 Å². The summed E-state index contributed by atoms with van der Waals surface area (Å²) in [4.78, 5) is 4.74. The minimum absolute atomic E-state index is 0.698. The van der Waals surface area contributed by atoms with Gasteiger partial charge in [0, 0.05) is 23.5 Å². The molecule has 0 N–H and O–H groups in total. The molecule has 84 valence electrons. The molecule has 0 radical (unpaired) electrons. The van der Waals surface area contributed by atoms with Crippen LogP contribution in [0, 0.1) is 0 Å². The standard InChI is InChI=1S/C12H19BrN2/c1-3-9-6-5-7-11-10(8-13)14-12(4-2)15(9)11/h9H,3-8H2,1-2H3. The van der Waals surface area contributed by atoms with Crippen molar-refractivity contribution in [2.45, 2.75) is 57.3 Å². The lowest BCUT2D eigenvalue weighted by Gasteiger charge is -2.26. The van der Waals surface area contributed by atoms with Crippen LogP contribution in [0.5, 0.6) is 0 Å². The zero-order valence-corrected chi connectivity index (χ0v) is 11.2. The summed E-state index contributed by atoms with van der Waals surface area (Å²) in [5.74, 6) is 1.28. The van der Waals surface area contributed by atoms with Gasteiger partial charge in [-0.05, 0) is 25.7 Å². The molecule has 3 heteroatoms. The first-order valence-corrected chi connectivity index (χ1v) is 7.08. The van der Waals surface area contributed by atoms with Crippen LogP contribution >= 0.6 is 15.9 Å². The lowest BCUT2D eigenvalue weighted by molar-refractivity contribution is 0.380. The molecular formula is C12H19BrN2. The van der Waals surface area contributed by atoms with Crippen molar-refractivity contribution in [3.8, 4) is 0 Å². The summed E-state index contributed by atoms with van der Waals surface area (Å²) in [5, 5.41) is 0.902. The van der Waals surface area contributed by atoms with E-state index in [1.54, 1.807) is 0 Å². The van der Waals surface area contributed by atoms with Crippen molar-refractivity contribution >= 4 is 15.9 Å². The molecule has 1 aliphatic rings. The minimum Gasteiger partial charge on any atom is -0.329 e. The number of rotatable bonds is 3. The monoisotopic (exact) mass is 270 g/mol. The summed E-state index contributed by atoms with van der Waals surface area (Å²) in [6.45, 7) is 4.49. The quantitative estimate of drug-likeness (QED) is 0.768. The van der Waals surface area contributed by atoms with Crippen LogP contribution in [0.4, 0.5) is 0 Å². The van der Waals surface area contributed by atoms with Gasteiger partial charge in [0.25, 0.3) is 0 Å². The lowest BCUT2D eigenvalue weighted by Crippen LogP contribution is -2.19. The zero-order valence-electron chi connectivity index (χ0n) is 9.59. The predicted octanol–water partition coefficient (Wildman–Crippen LogP) is 3.63. The SMILES string of the molecule is CCc1nc(CBr)c2n1C(CC)CCC2. The average Bonchev–Trinajstić information content (AvgIpc) is 2.66. The van der Waals surface area contributed by atoms with Crippen molar-refractivity contribution in [2.75, 3.05) is 0 Å². The highest BCUT2D eigenvalue weighted by molar-refractivity contribution is 9.08. The molecule has 1 atom stereocenters. The van der Waals surface area contributed by atoms with Crippen molar-refractivity contribution in [3.63, 3.8) is 0 Å². The Morgan fingerprint density at radius 1 is 1.47 bits per heavy atom. The fourth-order valence-electron chi connectivity index (χ4n) is 2.64. The van der Waals surface area contributed by atoms with E-state index in [1.807, 2.05) is 0 Å². The highest BCUT2D eigenvalue weighted by Gasteiger charge is 2.24. The smallest absolute Gasteiger partial charge is 0.109 e. The topological polar surface area (TPSA) is 17.8 Å². The Kier molecular flexibility index (Phi) is 3.49. The van der Waals surface area contributed by atoms with Gasteiger partial charge in [-0.1, -0.05) is 29.8 Å². The summed E-state index contributed by atoms with van der Waals surface area (Å²) in [6.07, 6.45) is 6.15. The Morgan fingerprint density at radius 3 is 2.87 bits per heavy atom. The van der Waals surface area contributed by atoms with E-state index in [9.17, 15) is 0 Å². The van der Waals surface area contributed by atoms with E-state index in [2.05, 4.69) is 34.3 Å². The van der Waals surface area contributed by atoms with Gasteiger partial charge in [0.1, 0.15) is 5.82 Å². The Morgan fingerprint density at radius 2 is 2.27 bits per heavy atom. The molecule has 1 unspecified atom stereocenters. The van der Waals surface area contributed by atoms with Gasteiger partial charge in [0.15, 0.2) is 0 Å². The molecule has 0 saturated heterocycles. The van der Waals surface area contributed by atoms with Crippen LogP contribution in [0.1, 0.15) is 56.4 Å². The van der Waals surface area contributed by atoms with E-state index < -0.39 is 0 Å². The number of hydrogen-bond donors (Lipinski definition) is 0. The van der Waals surface area contributed by atoms with E-state index in [4.69, 9.17) is 4.98 Å². The molecule has 1 aromatic rings. The second-order valence-corrected chi connectivity index (χ2v) is 4.79. The van der Waals surface area contributed by atoms with Crippen LogP contribution in [0.15, 0.2) is 0 Å². The van der Waals surface area contributed by atoms with Gasteiger partial charge in [0.2, 0.25) is 0 Å². The number of nitrogens with zero attached hydrogens (tertiary/aromatic N) is 2. The lowest BCUT2D eigenvalue weighted by atomic mass is 9.99. The molecule has 1 aliphatic heterocycles.